The van der Waals surface area contributed by atoms with E-state index >= 15 is 0 Å². The number of thiazole rings is 1. The SMILES string of the molecule is COc1ccc(-c2csc3nc(NC(=O)CCCOc4ccc(C(C)(C)C)cc4)nn23)cc1. The second-order valence-corrected chi connectivity index (χ2v) is 9.59. The van der Waals surface area contributed by atoms with Crippen LogP contribution in [0.2, 0.25) is 0 Å². The summed E-state index contributed by atoms with van der Waals surface area (Å²) < 4.78 is 12.7. The molecule has 2 aromatic heterocycles. The van der Waals surface area contributed by atoms with Crippen molar-refractivity contribution in [2.24, 2.45) is 0 Å². The highest BCUT2D eigenvalue weighted by molar-refractivity contribution is 7.15. The molecule has 2 aromatic carbocycles. The third-order valence-electron chi connectivity index (χ3n) is 5.26. The molecule has 4 rings (SSSR count). The summed E-state index contributed by atoms with van der Waals surface area (Å²) in [5.74, 6) is 1.78. The molecule has 2 heterocycles. The lowest BCUT2D eigenvalue weighted by Crippen LogP contribution is -2.14. The molecule has 7 nitrogen and oxygen atoms in total. The van der Waals surface area contributed by atoms with Crippen LogP contribution in [0.25, 0.3) is 16.2 Å². The molecular weight excluding hydrogens is 436 g/mol. The van der Waals surface area contributed by atoms with E-state index in [9.17, 15) is 4.79 Å². The number of nitrogens with zero attached hydrogens (tertiary/aromatic N) is 3. The van der Waals surface area contributed by atoms with Gasteiger partial charge in [-0.3, -0.25) is 10.1 Å². The molecule has 172 valence electrons. The maximum absolute atomic E-state index is 12.3. The number of hydrogen-bond donors (Lipinski definition) is 1. The van der Waals surface area contributed by atoms with Gasteiger partial charge in [-0.1, -0.05) is 32.9 Å². The van der Waals surface area contributed by atoms with E-state index in [2.05, 4.69) is 48.3 Å². The fourth-order valence-electron chi connectivity index (χ4n) is 3.36. The number of hydrogen-bond acceptors (Lipinski definition) is 6. The van der Waals surface area contributed by atoms with Crippen molar-refractivity contribution in [2.45, 2.75) is 39.0 Å². The van der Waals surface area contributed by atoms with Gasteiger partial charge < -0.3 is 9.47 Å². The second-order valence-electron chi connectivity index (χ2n) is 8.75. The molecule has 1 N–H and O–H groups in total. The predicted octanol–water partition coefficient (Wildman–Crippen LogP) is 5.56. The zero-order valence-electron chi connectivity index (χ0n) is 19.3. The van der Waals surface area contributed by atoms with Gasteiger partial charge in [0.05, 0.1) is 19.4 Å². The first-order valence-corrected chi connectivity index (χ1v) is 11.7. The minimum absolute atomic E-state index is 0.113. The number of fused-ring (bicyclic) bond motifs is 1. The summed E-state index contributed by atoms with van der Waals surface area (Å²) in [6, 6.07) is 15.9. The number of carbonyl (C=O) groups excluding carboxylic acids is 1. The van der Waals surface area contributed by atoms with E-state index < -0.39 is 0 Å². The van der Waals surface area contributed by atoms with Crippen LogP contribution < -0.4 is 14.8 Å². The lowest BCUT2D eigenvalue weighted by Gasteiger charge is -2.19. The standard InChI is InChI=1S/C25H28N4O3S/c1-25(2,3)18-9-13-20(14-10-18)32-15-5-6-22(30)26-23-27-24-29(28-23)21(16-33-24)17-7-11-19(31-4)12-8-17/h7-14,16H,5-6,15H2,1-4H3,(H,26,28,30). The zero-order valence-corrected chi connectivity index (χ0v) is 20.1. The quantitative estimate of drug-likeness (QED) is 0.345. The topological polar surface area (TPSA) is 77.8 Å². The number of amides is 1. The van der Waals surface area contributed by atoms with Crippen molar-refractivity contribution in [1.82, 2.24) is 14.6 Å². The van der Waals surface area contributed by atoms with Crippen molar-refractivity contribution in [1.29, 1.82) is 0 Å². The molecule has 0 radical (unpaired) electrons. The van der Waals surface area contributed by atoms with Gasteiger partial charge in [-0.2, -0.15) is 4.98 Å². The number of rotatable bonds is 8. The number of carbonyl (C=O) groups is 1. The molecule has 0 atom stereocenters. The van der Waals surface area contributed by atoms with E-state index in [0.29, 0.717) is 25.4 Å². The van der Waals surface area contributed by atoms with E-state index in [0.717, 1.165) is 27.7 Å². The van der Waals surface area contributed by atoms with Crippen LogP contribution in [0.3, 0.4) is 0 Å². The van der Waals surface area contributed by atoms with Gasteiger partial charge in [-0.05, 0) is 53.8 Å². The van der Waals surface area contributed by atoms with Crippen molar-refractivity contribution in [3.05, 3.63) is 59.5 Å². The average Bonchev–Trinajstić information content (AvgIpc) is 3.37. The molecule has 0 aliphatic carbocycles. The van der Waals surface area contributed by atoms with Crippen LogP contribution in [0.4, 0.5) is 5.95 Å². The smallest absolute Gasteiger partial charge is 0.250 e. The van der Waals surface area contributed by atoms with E-state index in [4.69, 9.17) is 9.47 Å². The minimum Gasteiger partial charge on any atom is -0.497 e. The molecular formula is C25H28N4O3S. The third-order valence-corrected chi connectivity index (χ3v) is 6.07. The van der Waals surface area contributed by atoms with Crippen molar-refractivity contribution >= 4 is 28.2 Å². The average molecular weight is 465 g/mol. The predicted molar refractivity (Wildman–Crippen MR) is 131 cm³/mol. The summed E-state index contributed by atoms with van der Waals surface area (Å²) >= 11 is 1.47. The van der Waals surface area contributed by atoms with Gasteiger partial charge >= 0.3 is 0 Å². The number of methoxy groups -OCH3 is 1. The highest BCUT2D eigenvalue weighted by Crippen LogP contribution is 2.27. The highest BCUT2D eigenvalue weighted by atomic mass is 32.1. The Bertz CT molecular complexity index is 1220. The summed E-state index contributed by atoms with van der Waals surface area (Å²) in [5, 5.41) is 9.24. The Balaban J connectivity index is 1.29. The lowest BCUT2D eigenvalue weighted by molar-refractivity contribution is -0.116. The molecule has 0 saturated carbocycles. The van der Waals surface area contributed by atoms with E-state index in [-0.39, 0.29) is 11.3 Å². The molecule has 0 unspecified atom stereocenters. The number of ether oxygens (including phenoxy) is 2. The van der Waals surface area contributed by atoms with Gasteiger partial charge in [0.1, 0.15) is 11.5 Å². The van der Waals surface area contributed by atoms with Crippen LogP contribution in [0.5, 0.6) is 11.5 Å². The van der Waals surface area contributed by atoms with Crippen LogP contribution in [-0.2, 0) is 10.2 Å². The van der Waals surface area contributed by atoms with Gasteiger partial charge in [0.2, 0.25) is 16.8 Å². The molecule has 1 amide bonds. The van der Waals surface area contributed by atoms with E-state index in [1.165, 1.54) is 16.9 Å². The van der Waals surface area contributed by atoms with Crippen molar-refractivity contribution < 1.29 is 14.3 Å². The molecule has 33 heavy (non-hydrogen) atoms. The van der Waals surface area contributed by atoms with Crippen molar-refractivity contribution in [3.8, 4) is 22.8 Å². The zero-order chi connectivity index (χ0) is 23.4. The normalized spacial score (nSPS) is 11.5. The Morgan fingerprint density at radius 3 is 2.42 bits per heavy atom. The monoisotopic (exact) mass is 464 g/mol. The Kier molecular flexibility index (Phi) is 6.65. The largest absolute Gasteiger partial charge is 0.497 e. The number of benzene rings is 2. The fourth-order valence-corrected chi connectivity index (χ4v) is 4.19. The van der Waals surface area contributed by atoms with Gasteiger partial charge in [0.25, 0.3) is 0 Å². The molecule has 0 aliphatic rings. The summed E-state index contributed by atoms with van der Waals surface area (Å²) in [7, 11) is 1.64. The van der Waals surface area contributed by atoms with Crippen LogP contribution in [-0.4, -0.2) is 34.2 Å². The van der Waals surface area contributed by atoms with Crippen molar-refractivity contribution in [2.75, 3.05) is 19.0 Å². The Hall–Kier alpha value is -3.39. The first-order chi connectivity index (χ1) is 15.8. The highest BCUT2D eigenvalue weighted by Gasteiger charge is 2.14. The minimum atomic E-state index is -0.133. The molecule has 0 bridgehead atoms. The van der Waals surface area contributed by atoms with Crippen LogP contribution in [0, 0.1) is 0 Å². The van der Waals surface area contributed by atoms with Gasteiger partial charge in [-0.15, -0.1) is 16.4 Å². The first kappa shape index (κ1) is 22.8. The number of nitrogens with one attached hydrogen (secondary N) is 1. The summed E-state index contributed by atoms with van der Waals surface area (Å²) in [6.45, 7) is 7.01. The molecule has 0 saturated heterocycles. The number of anilines is 1. The van der Waals surface area contributed by atoms with Gasteiger partial charge in [0, 0.05) is 17.4 Å². The summed E-state index contributed by atoms with van der Waals surface area (Å²) in [4.78, 5) is 17.5. The maximum atomic E-state index is 12.3. The Morgan fingerprint density at radius 1 is 1.06 bits per heavy atom. The number of aromatic nitrogens is 3. The molecule has 4 aromatic rings. The lowest BCUT2D eigenvalue weighted by atomic mass is 9.87. The van der Waals surface area contributed by atoms with E-state index in [1.54, 1.807) is 11.6 Å². The first-order valence-electron chi connectivity index (χ1n) is 10.9. The van der Waals surface area contributed by atoms with Crippen LogP contribution in [0.15, 0.2) is 53.9 Å². The van der Waals surface area contributed by atoms with Gasteiger partial charge in [0.15, 0.2) is 0 Å². The maximum Gasteiger partial charge on any atom is 0.250 e. The van der Waals surface area contributed by atoms with E-state index in [1.807, 2.05) is 41.8 Å². The molecule has 0 fully saturated rings. The molecule has 0 spiro atoms. The fraction of sp³-hybridized carbons (Fsp3) is 0.320. The van der Waals surface area contributed by atoms with Gasteiger partial charge in [-0.25, -0.2) is 4.52 Å². The molecule has 8 heteroatoms. The van der Waals surface area contributed by atoms with Crippen LogP contribution in [0.1, 0.15) is 39.2 Å². The van der Waals surface area contributed by atoms with Crippen LogP contribution >= 0.6 is 11.3 Å². The summed E-state index contributed by atoms with van der Waals surface area (Å²) in [6.07, 6.45) is 0.935. The summed E-state index contributed by atoms with van der Waals surface area (Å²) in [5.41, 5.74) is 3.28. The van der Waals surface area contributed by atoms with Crippen molar-refractivity contribution in [3.63, 3.8) is 0 Å². The second kappa shape index (κ2) is 9.62. The Labute approximate surface area is 197 Å². The molecule has 0 aliphatic heterocycles. The third kappa shape index (κ3) is 5.51. The Morgan fingerprint density at radius 2 is 1.76 bits per heavy atom.